The Morgan fingerprint density at radius 3 is 2.52 bits per heavy atom. The number of hydrogen-bond acceptors (Lipinski definition) is 4. The SMILES string of the molecule is Cc1nccn1-c1cc2[nH]c(=O)c(=O)n(O)c2cc1C(F)(F)F. The molecule has 7 nitrogen and oxygen atoms in total. The molecule has 0 aliphatic carbocycles. The van der Waals surface area contributed by atoms with E-state index in [-0.39, 0.29) is 15.9 Å². The number of H-pyrrole nitrogens is 1. The Morgan fingerprint density at radius 1 is 1.26 bits per heavy atom. The number of imidazole rings is 1. The Hall–Kier alpha value is -3.04. The molecule has 120 valence electrons. The van der Waals surface area contributed by atoms with Crippen molar-refractivity contribution in [1.82, 2.24) is 19.3 Å². The molecule has 0 saturated carbocycles. The van der Waals surface area contributed by atoms with Gasteiger partial charge >= 0.3 is 17.3 Å². The highest BCUT2D eigenvalue weighted by Gasteiger charge is 2.35. The molecule has 0 amide bonds. The van der Waals surface area contributed by atoms with Gasteiger partial charge in [-0.25, -0.2) is 4.98 Å². The number of hydrogen-bond donors (Lipinski definition) is 2. The predicted octanol–water partition coefficient (Wildman–Crippen LogP) is 1.44. The van der Waals surface area contributed by atoms with Crippen molar-refractivity contribution in [2.45, 2.75) is 13.1 Å². The molecule has 3 rings (SSSR count). The first-order valence-electron chi connectivity index (χ1n) is 6.30. The van der Waals surface area contributed by atoms with Gasteiger partial charge in [0.1, 0.15) is 11.3 Å². The van der Waals surface area contributed by atoms with Crippen LogP contribution in [0.25, 0.3) is 16.7 Å². The van der Waals surface area contributed by atoms with Crippen molar-refractivity contribution in [2.75, 3.05) is 0 Å². The van der Waals surface area contributed by atoms with Gasteiger partial charge in [-0.15, -0.1) is 4.73 Å². The molecule has 10 heteroatoms. The van der Waals surface area contributed by atoms with Gasteiger partial charge in [-0.1, -0.05) is 0 Å². The molecule has 0 aliphatic heterocycles. The normalized spacial score (nSPS) is 12.0. The molecule has 0 atom stereocenters. The maximum Gasteiger partial charge on any atom is 0.418 e. The first-order chi connectivity index (χ1) is 10.7. The molecule has 0 spiro atoms. The number of nitrogens with one attached hydrogen (secondary N) is 1. The third kappa shape index (κ3) is 2.28. The Morgan fingerprint density at radius 2 is 1.96 bits per heavy atom. The van der Waals surface area contributed by atoms with Crippen molar-refractivity contribution in [3.05, 3.63) is 56.6 Å². The first kappa shape index (κ1) is 14.9. The van der Waals surface area contributed by atoms with Gasteiger partial charge in [0, 0.05) is 12.4 Å². The molecule has 3 aromatic rings. The van der Waals surface area contributed by atoms with E-state index in [4.69, 9.17) is 0 Å². The van der Waals surface area contributed by atoms with Gasteiger partial charge in [0.2, 0.25) is 0 Å². The zero-order valence-corrected chi connectivity index (χ0v) is 11.5. The largest absolute Gasteiger partial charge is 0.425 e. The van der Waals surface area contributed by atoms with Crippen molar-refractivity contribution >= 4 is 11.0 Å². The van der Waals surface area contributed by atoms with E-state index < -0.39 is 28.4 Å². The lowest BCUT2D eigenvalue weighted by atomic mass is 10.1. The van der Waals surface area contributed by atoms with Crippen LogP contribution in [-0.2, 0) is 6.18 Å². The highest BCUT2D eigenvalue weighted by Crippen LogP contribution is 2.36. The van der Waals surface area contributed by atoms with Crippen LogP contribution in [-0.4, -0.2) is 24.5 Å². The van der Waals surface area contributed by atoms with E-state index in [0.29, 0.717) is 11.9 Å². The number of benzene rings is 1. The molecule has 2 aromatic heterocycles. The van der Waals surface area contributed by atoms with Crippen LogP contribution >= 0.6 is 0 Å². The van der Waals surface area contributed by atoms with Crippen LogP contribution in [0.1, 0.15) is 11.4 Å². The molecule has 0 radical (unpaired) electrons. The number of aryl methyl sites for hydroxylation is 1. The van der Waals surface area contributed by atoms with Crippen molar-refractivity contribution in [3.63, 3.8) is 0 Å². The van der Waals surface area contributed by atoms with E-state index in [0.717, 1.165) is 6.07 Å². The minimum absolute atomic E-state index is 0.103. The quantitative estimate of drug-likeness (QED) is 0.523. The standard InChI is InChI=1S/C13H9F3N4O3/c1-6-17-2-3-19(6)9-5-8-10(4-7(9)13(14,15)16)20(23)12(22)11(21)18-8/h2-5,23H,1H3,(H,18,21). The predicted molar refractivity (Wildman–Crippen MR) is 72.9 cm³/mol. The number of aromatic nitrogens is 4. The molecule has 23 heavy (non-hydrogen) atoms. The van der Waals surface area contributed by atoms with Crippen LogP contribution in [0.15, 0.2) is 34.1 Å². The third-order valence-corrected chi connectivity index (χ3v) is 3.37. The maximum atomic E-state index is 13.3. The van der Waals surface area contributed by atoms with Gasteiger partial charge in [0.05, 0.1) is 16.8 Å². The van der Waals surface area contributed by atoms with Gasteiger partial charge < -0.3 is 14.8 Å². The van der Waals surface area contributed by atoms with E-state index in [2.05, 4.69) is 9.97 Å². The summed E-state index contributed by atoms with van der Waals surface area (Å²) >= 11 is 0. The number of rotatable bonds is 1. The van der Waals surface area contributed by atoms with Crippen molar-refractivity contribution in [2.24, 2.45) is 0 Å². The summed E-state index contributed by atoms with van der Waals surface area (Å²) < 4.78 is 41.1. The minimum Gasteiger partial charge on any atom is -0.425 e. The topological polar surface area (TPSA) is 92.9 Å². The monoisotopic (exact) mass is 326 g/mol. The molecular weight excluding hydrogens is 317 g/mol. The lowest BCUT2D eigenvalue weighted by Gasteiger charge is -2.16. The summed E-state index contributed by atoms with van der Waals surface area (Å²) in [5.41, 5.74) is -4.45. The van der Waals surface area contributed by atoms with Gasteiger partial charge in [-0.2, -0.15) is 13.2 Å². The Kier molecular flexibility index (Phi) is 3.06. The molecule has 0 saturated heterocycles. The maximum absolute atomic E-state index is 13.3. The molecule has 2 heterocycles. The zero-order chi connectivity index (χ0) is 16.9. The summed E-state index contributed by atoms with van der Waals surface area (Å²) in [5, 5.41) is 9.60. The van der Waals surface area contributed by atoms with E-state index in [1.54, 1.807) is 0 Å². The number of alkyl halides is 3. The highest BCUT2D eigenvalue weighted by atomic mass is 19.4. The number of nitrogens with zero attached hydrogens (tertiary/aromatic N) is 3. The minimum atomic E-state index is -4.74. The molecular formula is C13H9F3N4O3. The summed E-state index contributed by atoms with van der Waals surface area (Å²) in [4.78, 5) is 28.8. The van der Waals surface area contributed by atoms with Crippen LogP contribution < -0.4 is 11.1 Å². The smallest absolute Gasteiger partial charge is 0.418 e. The number of aromatic amines is 1. The second-order valence-electron chi connectivity index (χ2n) is 4.80. The Labute approximate surface area is 125 Å². The molecule has 0 unspecified atom stereocenters. The van der Waals surface area contributed by atoms with E-state index >= 15 is 0 Å². The van der Waals surface area contributed by atoms with Gasteiger partial charge in [0.15, 0.2) is 0 Å². The Balaban J connectivity index is 2.49. The zero-order valence-electron chi connectivity index (χ0n) is 11.5. The molecule has 0 aliphatic rings. The molecule has 0 fully saturated rings. The number of halogens is 3. The van der Waals surface area contributed by atoms with Gasteiger partial charge in [0.25, 0.3) is 0 Å². The highest BCUT2D eigenvalue weighted by molar-refractivity contribution is 5.79. The van der Waals surface area contributed by atoms with Crippen molar-refractivity contribution in [1.29, 1.82) is 0 Å². The summed E-state index contributed by atoms with van der Waals surface area (Å²) in [6, 6.07) is 1.63. The van der Waals surface area contributed by atoms with E-state index in [1.807, 2.05) is 0 Å². The van der Waals surface area contributed by atoms with Crippen molar-refractivity contribution < 1.29 is 18.4 Å². The van der Waals surface area contributed by atoms with E-state index in [1.165, 1.54) is 23.9 Å². The fourth-order valence-corrected chi connectivity index (χ4v) is 2.29. The van der Waals surface area contributed by atoms with Gasteiger partial charge in [-0.05, 0) is 19.1 Å². The van der Waals surface area contributed by atoms with Crippen LogP contribution in [0.4, 0.5) is 13.2 Å². The first-order valence-corrected chi connectivity index (χ1v) is 6.30. The van der Waals surface area contributed by atoms with Gasteiger partial charge in [-0.3, -0.25) is 9.59 Å². The fourth-order valence-electron chi connectivity index (χ4n) is 2.29. The summed E-state index contributed by atoms with van der Waals surface area (Å²) in [7, 11) is 0. The van der Waals surface area contributed by atoms with Crippen LogP contribution in [0, 0.1) is 6.92 Å². The molecule has 0 bridgehead atoms. The average molecular weight is 326 g/mol. The van der Waals surface area contributed by atoms with Crippen LogP contribution in [0.5, 0.6) is 0 Å². The molecule has 1 aromatic carbocycles. The molecule has 2 N–H and O–H groups in total. The third-order valence-electron chi connectivity index (χ3n) is 3.37. The number of fused-ring (bicyclic) bond motifs is 1. The lowest BCUT2D eigenvalue weighted by molar-refractivity contribution is -0.137. The Bertz CT molecular complexity index is 1030. The average Bonchev–Trinajstić information content (AvgIpc) is 2.89. The van der Waals surface area contributed by atoms with E-state index in [9.17, 15) is 28.0 Å². The van der Waals surface area contributed by atoms with Crippen LogP contribution in [0.2, 0.25) is 0 Å². The van der Waals surface area contributed by atoms with Crippen LogP contribution in [0.3, 0.4) is 0 Å². The second-order valence-corrected chi connectivity index (χ2v) is 4.80. The summed E-state index contributed by atoms with van der Waals surface area (Å²) in [6.45, 7) is 1.51. The fraction of sp³-hybridized carbons (Fsp3) is 0.154. The second kappa shape index (κ2) is 4.73. The van der Waals surface area contributed by atoms with Crippen molar-refractivity contribution in [3.8, 4) is 5.69 Å². The summed E-state index contributed by atoms with van der Waals surface area (Å²) in [5.74, 6) is 0.300. The lowest BCUT2D eigenvalue weighted by Crippen LogP contribution is -2.35. The summed E-state index contributed by atoms with van der Waals surface area (Å²) in [6.07, 6.45) is -2.08.